The fraction of sp³-hybridized carbons (Fsp3) is 0.524. The lowest BCUT2D eigenvalue weighted by Crippen LogP contribution is -2.54. The van der Waals surface area contributed by atoms with Crippen LogP contribution in [0.2, 0.25) is 0 Å². The number of hydrogen-bond donors (Lipinski definition) is 1. The fourth-order valence-electron chi connectivity index (χ4n) is 2.98. The maximum atomic E-state index is 12.6. The summed E-state index contributed by atoms with van der Waals surface area (Å²) in [5.74, 6) is 6.25. The summed E-state index contributed by atoms with van der Waals surface area (Å²) in [5.41, 5.74) is 8.54. The number of carbonyl (C=O) groups excluding carboxylic acids is 1. The Hall–Kier alpha value is -2.12. The smallest absolute Gasteiger partial charge is 0.242 e. The van der Waals surface area contributed by atoms with Gasteiger partial charge in [-0.25, -0.2) is 4.98 Å². The molecule has 2 rings (SSSR count). The number of allylic oxidation sites excluding steroid dienone is 1. The van der Waals surface area contributed by atoms with Gasteiger partial charge in [0.15, 0.2) is 0 Å². The van der Waals surface area contributed by atoms with E-state index in [1.54, 1.807) is 0 Å². The molecule has 1 amide bonds. The van der Waals surface area contributed by atoms with Gasteiger partial charge in [-0.1, -0.05) is 37.3 Å². The number of likely N-dealkylation sites (tertiary alicyclic amines) is 1. The van der Waals surface area contributed by atoms with Crippen LogP contribution in [-0.2, 0) is 4.79 Å². The van der Waals surface area contributed by atoms with E-state index in [1.165, 1.54) is 5.57 Å². The molecule has 4 nitrogen and oxygen atoms in total. The molecular formula is C21H29N3O. The topological polar surface area (TPSA) is 59.2 Å². The molecule has 1 fully saturated rings. The maximum absolute atomic E-state index is 12.6. The van der Waals surface area contributed by atoms with Gasteiger partial charge in [0.25, 0.3) is 0 Å². The van der Waals surface area contributed by atoms with Gasteiger partial charge in [0.2, 0.25) is 5.91 Å². The summed E-state index contributed by atoms with van der Waals surface area (Å²) in [6, 6.07) is 5.84. The van der Waals surface area contributed by atoms with Crippen LogP contribution in [0.5, 0.6) is 0 Å². The van der Waals surface area contributed by atoms with Gasteiger partial charge >= 0.3 is 0 Å². The monoisotopic (exact) mass is 339 g/mol. The van der Waals surface area contributed by atoms with E-state index >= 15 is 0 Å². The molecule has 1 aromatic heterocycles. The summed E-state index contributed by atoms with van der Waals surface area (Å²) in [6.07, 6.45) is 6.50. The van der Waals surface area contributed by atoms with Crippen molar-refractivity contribution in [3.05, 3.63) is 41.2 Å². The molecule has 1 aromatic rings. The highest BCUT2D eigenvalue weighted by molar-refractivity contribution is 5.85. The lowest BCUT2D eigenvalue weighted by atomic mass is 9.93. The Kier molecular flexibility index (Phi) is 6.78. The second-order valence-corrected chi connectivity index (χ2v) is 7.05. The van der Waals surface area contributed by atoms with Crippen LogP contribution < -0.4 is 5.73 Å². The Morgan fingerprint density at radius 2 is 2.12 bits per heavy atom. The number of hydrogen-bond acceptors (Lipinski definition) is 3. The third-order valence-electron chi connectivity index (χ3n) is 4.60. The molecule has 4 heteroatoms. The number of nitrogens with zero attached hydrogens (tertiary/aromatic N) is 2. The first-order valence-electron chi connectivity index (χ1n) is 9.14. The largest absolute Gasteiger partial charge is 0.340 e. The van der Waals surface area contributed by atoms with Gasteiger partial charge in [-0.15, -0.1) is 0 Å². The average Bonchev–Trinajstić information content (AvgIpc) is 2.60. The van der Waals surface area contributed by atoms with Crippen molar-refractivity contribution in [3.63, 3.8) is 0 Å². The molecule has 0 aromatic carbocycles. The molecular weight excluding hydrogens is 310 g/mol. The zero-order valence-corrected chi connectivity index (χ0v) is 15.6. The minimum absolute atomic E-state index is 0.0787. The summed E-state index contributed by atoms with van der Waals surface area (Å²) in [6.45, 7) is 7.40. The summed E-state index contributed by atoms with van der Waals surface area (Å²) >= 11 is 0. The minimum Gasteiger partial charge on any atom is -0.340 e. The Morgan fingerprint density at radius 1 is 1.40 bits per heavy atom. The number of amides is 1. The molecule has 1 aliphatic rings. The van der Waals surface area contributed by atoms with Crippen molar-refractivity contribution in [1.82, 2.24) is 9.88 Å². The first kappa shape index (κ1) is 19.2. The molecule has 1 unspecified atom stereocenters. The summed E-state index contributed by atoms with van der Waals surface area (Å²) in [4.78, 5) is 18.9. The van der Waals surface area contributed by atoms with Crippen LogP contribution in [0.25, 0.3) is 0 Å². The summed E-state index contributed by atoms with van der Waals surface area (Å²) < 4.78 is 0. The van der Waals surface area contributed by atoms with E-state index < -0.39 is 5.54 Å². The molecule has 1 saturated heterocycles. The van der Waals surface area contributed by atoms with Crippen molar-refractivity contribution < 1.29 is 4.79 Å². The maximum Gasteiger partial charge on any atom is 0.242 e. The molecule has 0 spiro atoms. The van der Waals surface area contributed by atoms with Gasteiger partial charge in [0.05, 0.1) is 5.54 Å². The third kappa shape index (κ3) is 5.72. The van der Waals surface area contributed by atoms with Crippen LogP contribution in [-0.4, -0.2) is 34.4 Å². The van der Waals surface area contributed by atoms with E-state index in [0.717, 1.165) is 56.6 Å². The van der Waals surface area contributed by atoms with Gasteiger partial charge < -0.3 is 10.6 Å². The molecule has 0 saturated carbocycles. The van der Waals surface area contributed by atoms with Crippen LogP contribution in [0, 0.1) is 18.8 Å². The second kappa shape index (κ2) is 8.82. The summed E-state index contributed by atoms with van der Waals surface area (Å²) in [7, 11) is 0. The number of unbranched alkanes of at least 4 members (excludes halogenated alkanes) is 1. The van der Waals surface area contributed by atoms with E-state index in [4.69, 9.17) is 5.73 Å². The highest BCUT2D eigenvalue weighted by atomic mass is 16.2. The number of aromatic nitrogens is 1. The van der Waals surface area contributed by atoms with E-state index in [2.05, 4.69) is 23.7 Å². The summed E-state index contributed by atoms with van der Waals surface area (Å²) in [5, 5.41) is 0. The average molecular weight is 339 g/mol. The van der Waals surface area contributed by atoms with Gasteiger partial charge in [0, 0.05) is 18.8 Å². The molecule has 1 aliphatic heterocycles. The van der Waals surface area contributed by atoms with Crippen LogP contribution in [0.4, 0.5) is 0 Å². The van der Waals surface area contributed by atoms with E-state index in [-0.39, 0.29) is 5.91 Å². The Morgan fingerprint density at radius 3 is 2.76 bits per heavy atom. The molecule has 0 radical (unpaired) electrons. The SMILES string of the molecule is CCCCC(C)(N)C(=O)N1CCC(=CC#Cc2cccc(C)n2)CC1. The first-order chi connectivity index (χ1) is 11.9. The predicted octanol–water partition coefficient (Wildman–Crippen LogP) is 3.20. The predicted molar refractivity (Wildman–Crippen MR) is 102 cm³/mol. The van der Waals surface area contributed by atoms with Crippen molar-refractivity contribution >= 4 is 5.91 Å². The van der Waals surface area contributed by atoms with Gasteiger partial charge in [-0.2, -0.15) is 0 Å². The number of pyridine rings is 1. The zero-order valence-electron chi connectivity index (χ0n) is 15.6. The van der Waals surface area contributed by atoms with Crippen LogP contribution in [0.15, 0.2) is 29.8 Å². The van der Waals surface area contributed by atoms with E-state index in [0.29, 0.717) is 0 Å². The number of nitrogens with two attached hydrogens (primary N) is 1. The molecule has 1 atom stereocenters. The number of piperidine rings is 1. The number of rotatable bonds is 4. The second-order valence-electron chi connectivity index (χ2n) is 7.05. The molecule has 25 heavy (non-hydrogen) atoms. The number of carbonyl (C=O) groups is 1. The van der Waals surface area contributed by atoms with Crippen molar-refractivity contribution in [2.75, 3.05) is 13.1 Å². The Balaban J connectivity index is 1.90. The van der Waals surface area contributed by atoms with Crippen molar-refractivity contribution in [2.24, 2.45) is 5.73 Å². The van der Waals surface area contributed by atoms with Gasteiger partial charge in [0.1, 0.15) is 5.69 Å². The highest BCUT2D eigenvalue weighted by Gasteiger charge is 2.32. The Labute approximate surface area is 151 Å². The number of aryl methyl sites for hydroxylation is 1. The van der Waals surface area contributed by atoms with E-state index in [1.807, 2.05) is 43.0 Å². The van der Waals surface area contributed by atoms with Gasteiger partial charge in [-0.05, 0) is 57.2 Å². The quantitative estimate of drug-likeness (QED) is 0.857. The standard InChI is InChI=1S/C21H29N3O/c1-4-5-14-21(3,22)20(25)24-15-12-18(13-16-24)9-7-11-19-10-6-8-17(2)23-19/h6,8-10H,4-5,12-16,22H2,1-3H3. The van der Waals surface area contributed by atoms with Gasteiger partial charge in [-0.3, -0.25) is 4.79 Å². The first-order valence-corrected chi connectivity index (χ1v) is 9.14. The third-order valence-corrected chi connectivity index (χ3v) is 4.60. The van der Waals surface area contributed by atoms with Crippen LogP contribution >= 0.6 is 0 Å². The zero-order chi connectivity index (χ0) is 18.3. The van der Waals surface area contributed by atoms with Crippen molar-refractivity contribution in [3.8, 4) is 11.8 Å². The van der Waals surface area contributed by atoms with E-state index in [9.17, 15) is 4.79 Å². The minimum atomic E-state index is -0.742. The fourth-order valence-corrected chi connectivity index (χ4v) is 2.98. The molecule has 0 aliphatic carbocycles. The lowest BCUT2D eigenvalue weighted by molar-refractivity contribution is -0.137. The molecule has 134 valence electrons. The highest BCUT2D eigenvalue weighted by Crippen LogP contribution is 2.21. The van der Waals surface area contributed by atoms with Crippen LogP contribution in [0.3, 0.4) is 0 Å². The molecule has 0 bridgehead atoms. The normalized spacial score (nSPS) is 16.6. The van der Waals surface area contributed by atoms with Crippen molar-refractivity contribution in [2.45, 2.75) is 58.4 Å². The molecule has 2 N–H and O–H groups in total. The Bertz CT molecular complexity index is 685. The van der Waals surface area contributed by atoms with Crippen LogP contribution in [0.1, 0.15) is 57.3 Å². The van der Waals surface area contributed by atoms with Crippen molar-refractivity contribution in [1.29, 1.82) is 0 Å². The molecule has 2 heterocycles. The lowest BCUT2D eigenvalue weighted by Gasteiger charge is -2.35.